The van der Waals surface area contributed by atoms with Gasteiger partial charge in [-0.1, -0.05) is 46.8 Å². The number of aryl methyl sites for hydroxylation is 2. The van der Waals surface area contributed by atoms with E-state index in [-0.39, 0.29) is 10.5 Å². The molecule has 0 bridgehead atoms. The van der Waals surface area contributed by atoms with E-state index in [2.05, 4.69) is 60.7 Å². The van der Waals surface area contributed by atoms with Crippen molar-refractivity contribution in [3.8, 4) is 5.75 Å². The van der Waals surface area contributed by atoms with Gasteiger partial charge in [-0.25, -0.2) is 0 Å². The van der Waals surface area contributed by atoms with Gasteiger partial charge in [0, 0.05) is 12.2 Å². The quantitative estimate of drug-likeness (QED) is 0.705. The Labute approximate surface area is 138 Å². The van der Waals surface area contributed by atoms with Gasteiger partial charge in [0.1, 0.15) is 5.75 Å². The van der Waals surface area contributed by atoms with Crippen molar-refractivity contribution in [2.75, 3.05) is 6.61 Å². The molecule has 0 aromatic heterocycles. The van der Waals surface area contributed by atoms with E-state index in [9.17, 15) is 5.11 Å². The Kier molecular flexibility index (Phi) is 5.57. The smallest absolute Gasteiger partial charge is 0.191 e. The summed E-state index contributed by atoms with van der Waals surface area (Å²) in [5.41, 5.74) is 3.06. The molecular weight excluding hydrogens is 288 g/mol. The van der Waals surface area contributed by atoms with Gasteiger partial charge in [-0.15, -0.1) is 0 Å². The van der Waals surface area contributed by atoms with Crippen LogP contribution in [0.25, 0.3) is 0 Å². The van der Waals surface area contributed by atoms with Crippen LogP contribution in [0.15, 0.2) is 12.1 Å². The molecule has 0 spiro atoms. The topological polar surface area (TPSA) is 29.5 Å². The lowest BCUT2D eigenvalue weighted by atomic mass is 9.78. The zero-order valence-corrected chi connectivity index (χ0v) is 16.9. The van der Waals surface area contributed by atoms with E-state index in [1.54, 1.807) is 0 Å². The van der Waals surface area contributed by atoms with Gasteiger partial charge in [0.25, 0.3) is 0 Å². The maximum Gasteiger partial charge on any atom is 0.191 e. The number of phenolic OH excluding ortho intramolecular Hbond substituents is 1. The highest BCUT2D eigenvalue weighted by Crippen LogP contribution is 2.40. The Morgan fingerprint density at radius 1 is 1.00 bits per heavy atom. The van der Waals surface area contributed by atoms with E-state index < -0.39 is 8.32 Å². The summed E-state index contributed by atoms with van der Waals surface area (Å²) in [6.07, 6.45) is 0.914. The van der Waals surface area contributed by atoms with Crippen LogP contribution in [0.3, 0.4) is 0 Å². The largest absolute Gasteiger partial charge is 0.507 e. The molecule has 0 atom stereocenters. The molecule has 3 heteroatoms. The molecule has 0 aliphatic carbocycles. The van der Waals surface area contributed by atoms with Crippen LogP contribution in [0, 0.1) is 13.8 Å². The normalized spacial score (nSPS) is 13.5. The predicted molar refractivity (Wildman–Crippen MR) is 98.4 cm³/mol. The van der Waals surface area contributed by atoms with E-state index in [0.29, 0.717) is 5.75 Å². The highest BCUT2D eigenvalue weighted by molar-refractivity contribution is 6.74. The van der Waals surface area contributed by atoms with Crippen LogP contribution < -0.4 is 0 Å². The van der Waals surface area contributed by atoms with Crippen molar-refractivity contribution in [1.29, 1.82) is 0 Å². The number of hydrogen-bond donors (Lipinski definition) is 1. The van der Waals surface area contributed by atoms with Crippen molar-refractivity contribution in [3.63, 3.8) is 0 Å². The molecule has 0 aliphatic rings. The highest BCUT2D eigenvalue weighted by Gasteiger charge is 2.37. The molecule has 2 nitrogen and oxygen atoms in total. The van der Waals surface area contributed by atoms with Crippen molar-refractivity contribution in [2.24, 2.45) is 0 Å². The molecule has 0 heterocycles. The first-order valence-electron chi connectivity index (χ1n) is 8.23. The van der Waals surface area contributed by atoms with Gasteiger partial charge in [0.2, 0.25) is 0 Å². The third-order valence-corrected chi connectivity index (χ3v) is 9.80. The second-order valence-electron chi connectivity index (χ2n) is 8.67. The zero-order chi connectivity index (χ0) is 17.3. The van der Waals surface area contributed by atoms with Crippen LogP contribution in [-0.4, -0.2) is 20.0 Å². The van der Waals surface area contributed by atoms with E-state index in [0.717, 1.165) is 29.7 Å². The minimum absolute atomic E-state index is 0.0947. The number of phenols is 1. The lowest BCUT2D eigenvalue weighted by Gasteiger charge is -2.37. The van der Waals surface area contributed by atoms with Crippen molar-refractivity contribution in [1.82, 2.24) is 0 Å². The third-order valence-electron chi connectivity index (χ3n) is 5.26. The summed E-state index contributed by atoms with van der Waals surface area (Å²) in [4.78, 5) is 0. The third kappa shape index (κ3) is 4.14. The SMILES string of the molecule is Cc1ccc(C)c(C(C)(C)CCO[Si](C)(C)C(C)(C)C)c1O. The summed E-state index contributed by atoms with van der Waals surface area (Å²) in [5, 5.41) is 10.7. The molecule has 1 rings (SSSR count). The van der Waals surface area contributed by atoms with Crippen LogP contribution in [0.1, 0.15) is 57.7 Å². The maximum absolute atomic E-state index is 10.5. The zero-order valence-electron chi connectivity index (χ0n) is 15.9. The first-order chi connectivity index (χ1) is 9.79. The Bertz CT molecular complexity index is 525. The molecule has 1 N–H and O–H groups in total. The Hall–Kier alpha value is -0.803. The molecular formula is C19H34O2Si. The van der Waals surface area contributed by atoms with Crippen molar-refractivity contribution < 1.29 is 9.53 Å². The molecule has 0 saturated carbocycles. The standard InChI is InChI=1S/C19H34O2Si/c1-14-10-11-15(2)17(20)16(14)19(6,7)12-13-21-22(8,9)18(3,4)5/h10-11,20H,12-13H2,1-9H3. The Morgan fingerprint density at radius 3 is 2.00 bits per heavy atom. The fraction of sp³-hybridized carbons (Fsp3) is 0.684. The highest BCUT2D eigenvalue weighted by atomic mass is 28.4. The van der Waals surface area contributed by atoms with E-state index in [1.807, 2.05) is 13.0 Å². The molecule has 0 fully saturated rings. The van der Waals surface area contributed by atoms with Crippen LogP contribution in [0.4, 0.5) is 0 Å². The maximum atomic E-state index is 10.5. The summed E-state index contributed by atoms with van der Waals surface area (Å²) in [6, 6.07) is 4.08. The van der Waals surface area contributed by atoms with Gasteiger partial charge in [-0.3, -0.25) is 0 Å². The first-order valence-corrected chi connectivity index (χ1v) is 11.1. The average Bonchev–Trinajstić information content (AvgIpc) is 2.32. The van der Waals surface area contributed by atoms with Crippen molar-refractivity contribution >= 4 is 8.32 Å². The van der Waals surface area contributed by atoms with Crippen molar-refractivity contribution in [3.05, 3.63) is 28.8 Å². The number of hydrogen-bond acceptors (Lipinski definition) is 2. The fourth-order valence-corrected chi connectivity index (χ4v) is 3.60. The predicted octanol–water partition coefficient (Wildman–Crippen LogP) is 5.70. The van der Waals surface area contributed by atoms with Gasteiger partial charge in [0.15, 0.2) is 8.32 Å². The summed E-state index contributed by atoms with van der Waals surface area (Å²) < 4.78 is 6.32. The van der Waals surface area contributed by atoms with Gasteiger partial charge < -0.3 is 9.53 Å². The summed E-state index contributed by atoms with van der Waals surface area (Å²) >= 11 is 0. The summed E-state index contributed by atoms with van der Waals surface area (Å²) in [6.45, 7) is 20.5. The minimum Gasteiger partial charge on any atom is -0.507 e. The van der Waals surface area contributed by atoms with Crippen LogP contribution in [-0.2, 0) is 9.84 Å². The van der Waals surface area contributed by atoms with Gasteiger partial charge in [-0.2, -0.15) is 0 Å². The van der Waals surface area contributed by atoms with Gasteiger partial charge in [-0.05, 0) is 54.9 Å². The summed E-state index contributed by atoms with van der Waals surface area (Å²) in [7, 11) is -1.71. The van der Waals surface area contributed by atoms with Crippen LogP contribution in [0.2, 0.25) is 18.1 Å². The number of rotatable bonds is 5. The monoisotopic (exact) mass is 322 g/mol. The molecule has 0 radical (unpaired) electrons. The molecule has 1 aromatic rings. The summed E-state index contributed by atoms with van der Waals surface area (Å²) in [5.74, 6) is 0.442. The number of aromatic hydroxyl groups is 1. The lowest BCUT2D eigenvalue weighted by Crippen LogP contribution is -2.41. The van der Waals surface area contributed by atoms with Crippen LogP contribution in [0.5, 0.6) is 5.75 Å². The molecule has 1 aromatic carbocycles. The van der Waals surface area contributed by atoms with E-state index in [1.165, 1.54) is 0 Å². The van der Waals surface area contributed by atoms with Gasteiger partial charge in [0.05, 0.1) is 0 Å². The van der Waals surface area contributed by atoms with Gasteiger partial charge >= 0.3 is 0 Å². The number of benzene rings is 1. The molecule has 0 aliphatic heterocycles. The van der Waals surface area contributed by atoms with E-state index in [4.69, 9.17) is 4.43 Å². The first kappa shape index (κ1) is 19.2. The fourth-order valence-electron chi connectivity index (χ4n) is 2.55. The molecule has 22 heavy (non-hydrogen) atoms. The van der Waals surface area contributed by atoms with Crippen molar-refractivity contribution in [2.45, 2.75) is 78.4 Å². The second kappa shape index (κ2) is 6.36. The molecule has 0 saturated heterocycles. The Morgan fingerprint density at radius 2 is 1.50 bits per heavy atom. The lowest BCUT2D eigenvalue weighted by molar-refractivity contribution is 0.248. The minimum atomic E-state index is -1.71. The van der Waals surface area contributed by atoms with E-state index >= 15 is 0 Å². The molecule has 0 amide bonds. The molecule has 126 valence electrons. The Balaban J connectivity index is 2.88. The second-order valence-corrected chi connectivity index (χ2v) is 13.5. The molecule has 0 unspecified atom stereocenters. The van der Waals surface area contributed by atoms with Crippen LogP contribution >= 0.6 is 0 Å². The average molecular weight is 323 g/mol.